The number of carbonyl (C=O) groups is 1. The lowest BCUT2D eigenvalue weighted by Gasteiger charge is -2.23. The molecule has 1 aromatic heterocycles. The van der Waals surface area contributed by atoms with Gasteiger partial charge in [0.25, 0.3) is 0 Å². The van der Waals surface area contributed by atoms with Crippen LogP contribution >= 0.6 is 0 Å². The Kier molecular flexibility index (Phi) is 3.32. The summed E-state index contributed by atoms with van der Waals surface area (Å²) in [6.07, 6.45) is 8.33. The minimum absolute atomic E-state index is 0.112. The van der Waals surface area contributed by atoms with Crippen LogP contribution in [0.3, 0.4) is 0 Å². The maximum Gasteiger partial charge on any atom is 0.240 e. The largest absolute Gasteiger partial charge is 0.352 e. The van der Waals surface area contributed by atoms with Crippen molar-refractivity contribution in [2.45, 2.75) is 44.2 Å². The molecule has 3 rings (SSSR count). The monoisotopic (exact) mass is 248 g/mol. The molecular weight excluding hydrogens is 228 g/mol. The molecule has 98 valence electrons. The third kappa shape index (κ3) is 2.72. The number of nitrogens with one attached hydrogen (secondary N) is 2. The van der Waals surface area contributed by atoms with E-state index in [1.54, 1.807) is 6.33 Å². The lowest BCUT2D eigenvalue weighted by Crippen LogP contribution is -2.32. The minimum atomic E-state index is 0.112. The van der Waals surface area contributed by atoms with Gasteiger partial charge < -0.3 is 15.2 Å². The van der Waals surface area contributed by atoms with Crippen molar-refractivity contribution in [1.82, 2.24) is 20.2 Å². The van der Waals surface area contributed by atoms with E-state index >= 15 is 0 Å². The van der Waals surface area contributed by atoms with Gasteiger partial charge in [0.1, 0.15) is 6.54 Å². The van der Waals surface area contributed by atoms with Crippen LogP contribution < -0.4 is 10.6 Å². The maximum absolute atomic E-state index is 11.8. The van der Waals surface area contributed by atoms with Crippen LogP contribution in [0, 0.1) is 0 Å². The van der Waals surface area contributed by atoms with Crippen LogP contribution in [0.1, 0.15) is 37.3 Å². The number of rotatable bonds is 4. The van der Waals surface area contributed by atoms with Crippen LogP contribution in [-0.2, 0) is 11.3 Å². The Bertz CT molecular complexity index is 418. The van der Waals surface area contributed by atoms with Crippen LogP contribution in [0.5, 0.6) is 0 Å². The van der Waals surface area contributed by atoms with E-state index < -0.39 is 0 Å². The smallest absolute Gasteiger partial charge is 0.240 e. The molecule has 0 radical (unpaired) electrons. The van der Waals surface area contributed by atoms with Gasteiger partial charge in [0.2, 0.25) is 5.91 Å². The van der Waals surface area contributed by atoms with Gasteiger partial charge >= 0.3 is 0 Å². The summed E-state index contributed by atoms with van der Waals surface area (Å²) in [6.45, 7) is 2.51. The van der Waals surface area contributed by atoms with E-state index in [9.17, 15) is 4.79 Å². The second-order valence-electron chi connectivity index (χ2n) is 5.33. The molecule has 1 aromatic rings. The van der Waals surface area contributed by atoms with Gasteiger partial charge in [-0.25, -0.2) is 4.98 Å². The van der Waals surface area contributed by atoms with E-state index in [1.165, 1.54) is 18.5 Å². The summed E-state index contributed by atoms with van der Waals surface area (Å²) in [6, 6.07) is 0.431. The predicted molar refractivity (Wildman–Crippen MR) is 68.2 cm³/mol. The topological polar surface area (TPSA) is 59.0 Å². The highest BCUT2D eigenvalue weighted by molar-refractivity contribution is 5.76. The maximum atomic E-state index is 11.8. The highest BCUT2D eigenvalue weighted by Crippen LogP contribution is 2.23. The molecule has 1 saturated heterocycles. The first-order valence-corrected chi connectivity index (χ1v) is 6.83. The molecule has 2 heterocycles. The van der Waals surface area contributed by atoms with Gasteiger partial charge in [0.05, 0.1) is 6.33 Å². The van der Waals surface area contributed by atoms with Crippen LogP contribution in [-0.4, -0.2) is 34.6 Å². The Morgan fingerprint density at radius 1 is 1.50 bits per heavy atom. The Balaban J connectivity index is 1.64. The average molecular weight is 248 g/mol. The van der Waals surface area contributed by atoms with Crippen molar-refractivity contribution >= 4 is 5.91 Å². The van der Waals surface area contributed by atoms with Crippen molar-refractivity contribution in [2.24, 2.45) is 0 Å². The van der Waals surface area contributed by atoms with Crippen molar-refractivity contribution in [3.8, 4) is 0 Å². The molecule has 0 aromatic carbocycles. The molecule has 1 aliphatic carbocycles. The predicted octanol–water partition coefficient (Wildman–Crippen LogP) is 0.629. The van der Waals surface area contributed by atoms with Crippen molar-refractivity contribution in [3.63, 3.8) is 0 Å². The first kappa shape index (κ1) is 11.7. The number of amides is 1. The molecule has 1 atom stereocenters. The molecule has 1 amide bonds. The quantitative estimate of drug-likeness (QED) is 0.821. The van der Waals surface area contributed by atoms with E-state index in [-0.39, 0.29) is 5.91 Å². The Morgan fingerprint density at radius 3 is 3.11 bits per heavy atom. The summed E-state index contributed by atoms with van der Waals surface area (Å²) >= 11 is 0. The van der Waals surface area contributed by atoms with Crippen molar-refractivity contribution in [1.29, 1.82) is 0 Å². The average Bonchev–Trinajstić information content (AvgIpc) is 3.07. The lowest BCUT2D eigenvalue weighted by molar-refractivity contribution is -0.121. The van der Waals surface area contributed by atoms with Gasteiger partial charge in [-0.2, -0.15) is 0 Å². The van der Waals surface area contributed by atoms with Gasteiger partial charge in [-0.05, 0) is 32.2 Å². The van der Waals surface area contributed by atoms with Crippen LogP contribution in [0.2, 0.25) is 0 Å². The first-order valence-electron chi connectivity index (χ1n) is 6.83. The molecule has 2 fully saturated rings. The number of carbonyl (C=O) groups excluding carboxylic acids is 1. The molecule has 0 bridgehead atoms. The normalized spacial score (nSPS) is 23.9. The Morgan fingerprint density at radius 2 is 2.39 bits per heavy atom. The molecule has 2 aliphatic rings. The van der Waals surface area contributed by atoms with E-state index in [2.05, 4.69) is 15.6 Å². The summed E-state index contributed by atoms with van der Waals surface area (Å²) in [5.41, 5.74) is 1.19. The summed E-state index contributed by atoms with van der Waals surface area (Å²) in [7, 11) is 0. The van der Waals surface area contributed by atoms with Gasteiger partial charge in [0, 0.05) is 30.4 Å². The van der Waals surface area contributed by atoms with E-state index in [0.717, 1.165) is 25.9 Å². The number of aromatic nitrogens is 2. The summed E-state index contributed by atoms with van der Waals surface area (Å²) in [5.74, 6) is 0.607. The van der Waals surface area contributed by atoms with Gasteiger partial charge in [-0.1, -0.05) is 0 Å². The molecule has 2 N–H and O–H groups in total. The Hall–Kier alpha value is -1.36. The molecule has 18 heavy (non-hydrogen) atoms. The van der Waals surface area contributed by atoms with Crippen molar-refractivity contribution < 1.29 is 4.79 Å². The standard InChI is InChI=1S/C13H20N4O/c18-13(16-11-3-4-11)8-17-9-15-7-12(17)10-2-1-5-14-6-10/h7,9-11,14H,1-6,8H2,(H,16,18). The number of hydrogen-bond donors (Lipinski definition) is 2. The fourth-order valence-electron chi connectivity index (χ4n) is 2.56. The third-order valence-electron chi connectivity index (χ3n) is 3.72. The first-order chi connectivity index (χ1) is 8.83. The molecule has 1 aliphatic heterocycles. The van der Waals surface area contributed by atoms with Crippen molar-refractivity contribution in [2.75, 3.05) is 13.1 Å². The molecule has 0 spiro atoms. The summed E-state index contributed by atoms with van der Waals surface area (Å²) < 4.78 is 2.00. The second-order valence-corrected chi connectivity index (χ2v) is 5.33. The fraction of sp³-hybridized carbons (Fsp3) is 0.692. The van der Waals surface area contributed by atoms with E-state index in [0.29, 0.717) is 18.5 Å². The number of piperidine rings is 1. The summed E-state index contributed by atoms with van der Waals surface area (Å²) in [4.78, 5) is 16.0. The molecule has 1 saturated carbocycles. The SMILES string of the molecule is O=C(Cn1cncc1C1CCCNC1)NC1CC1. The van der Waals surface area contributed by atoms with Crippen LogP contribution in [0.15, 0.2) is 12.5 Å². The Labute approximate surface area is 107 Å². The van der Waals surface area contributed by atoms with Crippen LogP contribution in [0.4, 0.5) is 0 Å². The number of hydrogen-bond acceptors (Lipinski definition) is 3. The number of imidazole rings is 1. The van der Waals surface area contributed by atoms with E-state index in [4.69, 9.17) is 0 Å². The third-order valence-corrected chi connectivity index (χ3v) is 3.72. The van der Waals surface area contributed by atoms with Gasteiger partial charge in [-0.3, -0.25) is 4.79 Å². The highest BCUT2D eigenvalue weighted by Gasteiger charge is 2.24. The highest BCUT2D eigenvalue weighted by atomic mass is 16.2. The minimum Gasteiger partial charge on any atom is -0.352 e. The van der Waals surface area contributed by atoms with Gasteiger partial charge in [-0.15, -0.1) is 0 Å². The lowest BCUT2D eigenvalue weighted by atomic mass is 9.96. The van der Waals surface area contributed by atoms with Crippen LogP contribution in [0.25, 0.3) is 0 Å². The summed E-state index contributed by atoms with van der Waals surface area (Å²) in [5, 5.41) is 6.42. The molecule has 1 unspecified atom stereocenters. The molecule has 5 heteroatoms. The molecular formula is C13H20N4O. The van der Waals surface area contributed by atoms with Crippen molar-refractivity contribution in [3.05, 3.63) is 18.2 Å². The van der Waals surface area contributed by atoms with E-state index in [1.807, 2.05) is 10.8 Å². The fourth-order valence-corrected chi connectivity index (χ4v) is 2.56. The number of nitrogens with zero attached hydrogens (tertiary/aromatic N) is 2. The van der Waals surface area contributed by atoms with Gasteiger partial charge in [0.15, 0.2) is 0 Å². The zero-order valence-corrected chi connectivity index (χ0v) is 10.6. The zero-order valence-electron chi connectivity index (χ0n) is 10.6. The zero-order chi connectivity index (χ0) is 12.4. The molecule has 5 nitrogen and oxygen atoms in total. The second kappa shape index (κ2) is 5.10.